The van der Waals surface area contributed by atoms with Crippen LogP contribution in [0.2, 0.25) is 0 Å². The third-order valence-electron chi connectivity index (χ3n) is 8.00. The zero-order valence-corrected chi connectivity index (χ0v) is 21.9. The van der Waals surface area contributed by atoms with E-state index in [0.29, 0.717) is 18.7 Å². The van der Waals surface area contributed by atoms with Crippen molar-refractivity contribution < 1.29 is 12.8 Å². The summed E-state index contributed by atoms with van der Waals surface area (Å²) >= 11 is 0. The molecule has 3 aromatic carbocycles. The summed E-state index contributed by atoms with van der Waals surface area (Å²) in [6.07, 6.45) is 4.24. The van der Waals surface area contributed by atoms with E-state index in [-0.39, 0.29) is 22.5 Å². The average molecular weight is 530 g/mol. The standard InChI is InChI=1S/C29H28FN5O2S/c1-19-12-27(33-23-10-8-22(30)9-11-23)21(14-31)13-25(19)29-18-35(38(36,37)24-15-32-34(2)16-24)17-26(29)28(29)20-6-4-3-5-7-20/h3-16,26,28,31,33H,17-18H2,1-2H3/t26-,28-,29+/m1/s1. The lowest BCUT2D eigenvalue weighted by molar-refractivity contribution is 0.421. The maximum atomic E-state index is 13.5. The number of hydrogen-bond acceptors (Lipinski definition) is 5. The van der Waals surface area contributed by atoms with E-state index in [4.69, 9.17) is 5.41 Å². The molecule has 1 aliphatic carbocycles. The number of nitrogens with zero attached hydrogens (tertiary/aromatic N) is 3. The molecule has 7 nitrogen and oxygen atoms in total. The van der Waals surface area contributed by atoms with Crippen LogP contribution in [-0.4, -0.2) is 41.8 Å². The highest BCUT2D eigenvalue weighted by molar-refractivity contribution is 7.89. The highest BCUT2D eigenvalue weighted by Gasteiger charge is 2.71. The van der Waals surface area contributed by atoms with Gasteiger partial charge in [-0.15, -0.1) is 0 Å². The second-order valence-corrected chi connectivity index (χ2v) is 12.2. The average Bonchev–Trinajstić information content (AvgIpc) is 3.18. The summed E-state index contributed by atoms with van der Waals surface area (Å²) in [5.41, 5.74) is 5.03. The lowest BCUT2D eigenvalue weighted by atomic mass is 9.86. The molecule has 9 heteroatoms. The lowest BCUT2D eigenvalue weighted by Gasteiger charge is -2.26. The van der Waals surface area contributed by atoms with E-state index in [1.54, 1.807) is 23.5 Å². The number of rotatable bonds is 7. The van der Waals surface area contributed by atoms with Crippen molar-refractivity contribution in [1.29, 1.82) is 5.41 Å². The van der Waals surface area contributed by atoms with Crippen molar-refractivity contribution in [2.24, 2.45) is 13.0 Å². The molecule has 194 valence electrons. The van der Waals surface area contributed by atoms with Crippen molar-refractivity contribution in [3.8, 4) is 0 Å². The molecule has 1 aliphatic heterocycles. The maximum Gasteiger partial charge on any atom is 0.246 e. The number of halogens is 1. The normalized spacial score (nSPS) is 22.7. The Morgan fingerprint density at radius 2 is 1.87 bits per heavy atom. The monoisotopic (exact) mass is 529 g/mol. The summed E-state index contributed by atoms with van der Waals surface area (Å²) in [6.45, 7) is 2.81. The Balaban J connectivity index is 1.41. The number of sulfonamides is 1. The summed E-state index contributed by atoms with van der Waals surface area (Å²) in [6, 6.07) is 20.4. The second-order valence-electron chi connectivity index (χ2n) is 10.2. The van der Waals surface area contributed by atoms with Gasteiger partial charge in [0.25, 0.3) is 0 Å². The molecule has 4 aromatic rings. The number of aryl methyl sites for hydroxylation is 2. The van der Waals surface area contributed by atoms with E-state index in [1.165, 1.54) is 41.0 Å². The number of nitrogens with one attached hydrogen (secondary N) is 2. The topological polar surface area (TPSA) is 91.1 Å². The van der Waals surface area contributed by atoms with Gasteiger partial charge in [-0.2, -0.15) is 9.40 Å². The van der Waals surface area contributed by atoms with Crippen LogP contribution in [0.1, 0.15) is 28.2 Å². The number of benzene rings is 3. The van der Waals surface area contributed by atoms with Crippen molar-refractivity contribution in [3.63, 3.8) is 0 Å². The predicted molar refractivity (Wildman–Crippen MR) is 145 cm³/mol. The molecule has 2 N–H and O–H groups in total. The third kappa shape index (κ3) is 3.85. The number of hydrogen-bond donors (Lipinski definition) is 2. The molecule has 2 aliphatic rings. The fourth-order valence-electron chi connectivity index (χ4n) is 6.23. The first-order valence-corrected chi connectivity index (χ1v) is 13.9. The molecule has 0 bridgehead atoms. The van der Waals surface area contributed by atoms with Crippen LogP contribution in [0, 0.1) is 24.1 Å². The summed E-state index contributed by atoms with van der Waals surface area (Å²) in [5.74, 6) is -0.0195. The van der Waals surface area contributed by atoms with Gasteiger partial charge in [-0.05, 0) is 65.9 Å². The highest BCUT2D eigenvalue weighted by atomic mass is 32.2. The third-order valence-corrected chi connectivity index (χ3v) is 9.77. The van der Waals surface area contributed by atoms with Crippen molar-refractivity contribution in [2.45, 2.75) is 23.2 Å². The van der Waals surface area contributed by atoms with Gasteiger partial charge in [-0.25, -0.2) is 12.8 Å². The Bertz CT molecular complexity index is 1640. The molecule has 1 saturated carbocycles. The minimum atomic E-state index is -3.69. The molecule has 3 atom stereocenters. The lowest BCUT2D eigenvalue weighted by Crippen LogP contribution is -2.34. The van der Waals surface area contributed by atoms with E-state index in [2.05, 4.69) is 22.5 Å². The Morgan fingerprint density at radius 1 is 1.13 bits per heavy atom. The van der Waals surface area contributed by atoms with Crippen LogP contribution in [0.3, 0.4) is 0 Å². The molecule has 1 saturated heterocycles. The van der Waals surface area contributed by atoms with Crippen LogP contribution in [0.15, 0.2) is 84.0 Å². The number of anilines is 2. The van der Waals surface area contributed by atoms with Gasteiger partial charge in [0, 0.05) is 60.8 Å². The molecule has 1 aromatic heterocycles. The van der Waals surface area contributed by atoms with Gasteiger partial charge in [-0.1, -0.05) is 30.3 Å². The largest absolute Gasteiger partial charge is 0.355 e. The first kappa shape index (κ1) is 24.5. The maximum absolute atomic E-state index is 13.5. The Morgan fingerprint density at radius 3 is 2.53 bits per heavy atom. The van der Waals surface area contributed by atoms with E-state index in [1.807, 2.05) is 37.3 Å². The van der Waals surface area contributed by atoms with Crippen LogP contribution >= 0.6 is 0 Å². The van der Waals surface area contributed by atoms with Gasteiger partial charge in [0.15, 0.2) is 0 Å². The number of aromatic nitrogens is 2. The van der Waals surface area contributed by atoms with Gasteiger partial charge < -0.3 is 10.7 Å². The predicted octanol–water partition coefficient (Wildman–Crippen LogP) is 4.96. The van der Waals surface area contributed by atoms with E-state index in [9.17, 15) is 12.8 Å². The summed E-state index contributed by atoms with van der Waals surface area (Å²) < 4.78 is 43.5. The minimum absolute atomic E-state index is 0.115. The molecular formula is C29H28FN5O2S. The smallest absolute Gasteiger partial charge is 0.246 e. The van der Waals surface area contributed by atoms with Crippen LogP contribution in [-0.2, 0) is 22.5 Å². The fourth-order valence-corrected chi connectivity index (χ4v) is 7.73. The number of fused-ring (bicyclic) bond motifs is 1. The Kier molecular flexibility index (Phi) is 5.73. The second kappa shape index (κ2) is 8.89. The molecule has 38 heavy (non-hydrogen) atoms. The van der Waals surface area contributed by atoms with Gasteiger partial charge in [0.2, 0.25) is 10.0 Å². The molecule has 0 spiro atoms. The molecule has 2 fully saturated rings. The first-order chi connectivity index (χ1) is 18.2. The minimum Gasteiger partial charge on any atom is -0.355 e. The zero-order valence-electron chi connectivity index (χ0n) is 21.1. The van der Waals surface area contributed by atoms with E-state index in [0.717, 1.165) is 22.5 Å². The molecule has 0 amide bonds. The summed E-state index contributed by atoms with van der Waals surface area (Å²) in [4.78, 5) is 0.198. The van der Waals surface area contributed by atoms with Crippen molar-refractivity contribution in [1.82, 2.24) is 14.1 Å². The molecule has 6 rings (SSSR count). The van der Waals surface area contributed by atoms with Crippen molar-refractivity contribution >= 4 is 27.6 Å². The summed E-state index contributed by atoms with van der Waals surface area (Å²) in [7, 11) is -1.99. The van der Waals surface area contributed by atoms with Crippen LogP contribution in [0.25, 0.3) is 0 Å². The highest BCUT2D eigenvalue weighted by Crippen LogP contribution is 2.70. The van der Waals surface area contributed by atoms with Gasteiger partial charge in [0.05, 0.1) is 6.20 Å². The van der Waals surface area contributed by atoms with Crippen LogP contribution in [0.5, 0.6) is 0 Å². The number of piperidine rings is 1. The zero-order chi connectivity index (χ0) is 26.7. The molecule has 0 unspecified atom stereocenters. The van der Waals surface area contributed by atoms with E-state index >= 15 is 0 Å². The van der Waals surface area contributed by atoms with Gasteiger partial charge in [0.1, 0.15) is 10.7 Å². The van der Waals surface area contributed by atoms with Gasteiger partial charge in [-0.3, -0.25) is 4.68 Å². The van der Waals surface area contributed by atoms with Crippen LogP contribution in [0.4, 0.5) is 15.8 Å². The molecule has 0 radical (unpaired) electrons. The van der Waals surface area contributed by atoms with Gasteiger partial charge >= 0.3 is 0 Å². The first-order valence-electron chi connectivity index (χ1n) is 12.5. The fraction of sp³-hybridized carbons (Fsp3) is 0.241. The molecular weight excluding hydrogens is 501 g/mol. The Labute approximate surface area is 221 Å². The molecule has 2 heterocycles. The quantitative estimate of drug-likeness (QED) is 0.331. The van der Waals surface area contributed by atoms with E-state index < -0.39 is 15.4 Å². The van der Waals surface area contributed by atoms with Crippen LogP contribution < -0.4 is 5.32 Å². The summed E-state index contributed by atoms with van der Waals surface area (Å²) in [5, 5.41) is 15.5. The van der Waals surface area contributed by atoms with Crippen molar-refractivity contribution in [2.75, 3.05) is 18.4 Å². The Hall–Kier alpha value is -3.82. The SMILES string of the molecule is Cc1cc(Nc2ccc(F)cc2)c(C=N)cc1[C@@]12CN(S(=O)(=O)c3cnn(C)c3)C[C@@H]1[C@H]2c1ccccc1. The van der Waals surface area contributed by atoms with Crippen molar-refractivity contribution in [3.05, 3.63) is 107 Å².